The van der Waals surface area contributed by atoms with E-state index in [4.69, 9.17) is 9.84 Å². The number of ether oxygens (including phenoxy) is 1. The van der Waals surface area contributed by atoms with Gasteiger partial charge in [-0.3, -0.25) is 4.79 Å². The summed E-state index contributed by atoms with van der Waals surface area (Å²) in [4.78, 5) is 24.3. The second kappa shape index (κ2) is 4.78. The Morgan fingerprint density at radius 2 is 1.89 bits per heavy atom. The van der Waals surface area contributed by atoms with E-state index in [0.29, 0.717) is 0 Å². The van der Waals surface area contributed by atoms with Crippen LogP contribution in [0.15, 0.2) is 0 Å². The normalized spacial score (nSPS) is 18.9. The SMILES string of the molecule is CC(N(C)C(=O)OC(C)(C)C)C1(CC(=O)O)CC1. The first-order valence-electron chi connectivity index (χ1n) is 6.25. The minimum absolute atomic E-state index is 0.112. The van der Waals surface area contributed by atoms with Crippen LogP contribution in [-0.4, -0.2) is 40.8 Å². The van der Waals surface area contributed by atoms with E-state index in [1.54, 1.807) is 7.05 Å². The van der Waals surface area contributed by atoms with E-state index in [1.807, 2.05) is 27.7 Å². The minimum Gasteiger partial charge on any atom is -0.481 e. The zero-order valence-electron chi connectivity index (χ0n) is 11.8. The highest BCUT2D eigenvalue weighted by Crippen LogP contribution is 2.53. The highest BCUT2D eigenvalue weighted by molar-refractivity contribution is 5.70. The first-order valence-corrected chi connectivity index (χ1v) is 6.25. The van der Waals surface area contributed by atoms with Crippen molar-refractivity contribution < 1.29 is 19.4 Å². The molecule has 0 bridgehead atoms. The van der Waals surface area contributed by atoms with Gasteiger partial charge >= 0.3 is 12.1 Å². The Kier molecular flexibility index (Phi) is 3.93. The van der Waals surface area contributed by atoms with E-state index in [0.717, 1.165) is 12.8 Å². The Balaban J connectivity index is 2.64. The van der Waals surface area contributed by atoms with Crippen molar-refractivity contribution in [3.05, 3.63) is 0 Å². The molecule has 0 aromatic heterocycles. The molecular weight excluding hydrogens is 234 g/mol. The maximum atomic E-state index is 11.9. The van der Waals surface area contributed by atoms with Crippen LogP contribution >= 0.6 is 0 Å². The summed E-state index contributed by atoms with van der Waals surface area (Å²) in [5.41, 5.74) is -0.800. The number of rotatable bonds is 4. The van der Waals surface area contributed by atoms with Crippen molar-refractivity contribution in [1.29, 1.82) is 0 Å². The van der Waals surface area contributed by atoms with Gasteiger partial charge in [-0.1, -0.05) is 0 Å². The van der Waals surface area contributed by atoms with Crippen LogP contribution in [0.1, 0.15) is 47.0 Å². The standard InChI is InChI=1S/C13H23NO4/c1-9(13(6-7-13)8-10(15)16)14(5)11(17)18-12(2,3)4/h9H,6-8H2,1-5H3,(H,15,16). The van der Waals surface area contributed by atoms with Crippen molar-refractivity contribution in [2.45, 2.75) is 58.6 Å². The largest absolute Gasteiger partial charge is 0.481 e. The molecule has 0 radical (unpaired) electrons. The molecule has 1 aliphatic carbocycles. The Hall–Kier alpha value is -1.26. The maximum Gasteiger partial charge on any atom is 0.410 e. The Morgan fingerprint density at radius 1 is 1.39 bits per heavy atom. The Bertz CT molecular complexity index is 341. The highest BCUT2D eigenvalue weighted by Gasteiger charge is 2.51. The summed E-state index contributed by atoms with van der Waals surface area (Å²) in [6.45, 7) is 7.33. The lowest BCUT2D eigenvalue weighted by Crippen LogP contribution is -2.44. The summed E-state index contributed by atoms with van der Waals surface area (Å²) in [5, 5.41) is 8.91. The molecule has 0 spiro atoms. The lowest BCUT2D eigenvalue weighted by molar-refractivity contribution is -0.139. The van der Waals surface area contributed by atoms with E-state index in [9.17, 15) is 9.59 Å². The lowest BCUT2D eigenvalue weighted by Gasteiger charge is -2.33. The maximum absolute atomic E-state index is 11.9. The molecule has 0 saturated heterocycles. The number of amides is 1. The first kappa shape index (κ1) is 14.8. The number of nitrogens with zero attached hydrogens (tertiary/aromatic N) is 1. The van der Waals surface area contributed by atoms with Crippen molar-refractivity contribution in [2.24, 2.45) is 5.41 Å². The Labute approximate surface area is 108 Å². The topological polar surface area (TPSA) is 66.8 Å². The van der Waals surface area contributed by atoms with E-state index >= 15 is 0 Å². The van der Waals surface area contributed by atoms with Crippen LogP contribution in [-0.2, 0) is 9.53 Å². The number of hydrogen-bond donors (Lipinski definition) is 1. The van der Waals surface area contributed by atoms with E-state index < -0.39 is 17.7 Å². The van der Waals surface area contributed by atoms with E-state index in [2.05, 4.69) is 0 Å². The van der Waals surface area contributed by atoms with Gasteiger partial charge in [-0.25, -0.2) is 4.79 Å². The van der Waals surface area contributed by atoms with Gasteiger partial charge in [-0.05, 0) is 40.5 Å². The molecule has 0 aromatic rings. The van der Waals surface area contributed by atoms with Crippen molar-refractivity contribution in [2.75, 3.05) is 7.05 Å². The number of carbonyl (C=O) groups excluding carboxylic acids is 1. The predicted octanol–water partition coefficient (Wildman–Crippen LogP) is 2.50. The molecule has 0 aromatic carbocycles. The van der Waals surface area contributed by atoms with Gasteiger partial charge in [0.2, 0.25) is 0 Å². The third-order valence-electron chi connectivity index (χ3n) is 3.54. The minimum atomic E-state index is -0.808. The van der Waals surface area contributed by atoms with Gasteiger partial charge in [0, 0.05) is 18.5 Å². The van der Waals surface area contributed by atoms with Crippen LogP contribution in [0.2, 0.25) is 0 Å². The first-order chi connectivity index (χ1) is 8.07. The summed E-state index contributed by atoms with van der Waals surface area (Å²) in [6, 6.07) is -0.122. The smallest absolute Gasteiger partial charge is 0.410 e. The van der Waals surface area contributed by atoms with Gasteiger partial charge < -0.3 is 14.7 Å². The van der Waals surface area contributed by atoms with Gasteiger partial charge in [0.25, 0.3) is 0 Å². The quantitative estimate of drug-likeness (QED) is 0.840. The second-order valence-corrected chi connectivity index (χ2v) is 6.20. The summed E-state index contributed by atoms with van der Waals surface area (Å²) in [5.74, 6) is -0.808. The van der Waals surface area contributed by atoms with E-state index in [-0.39, 0.29) is 17.9 Å². The summed E-state index contributed by atoms with van der Waals surface area (Å²) >= 11 is 0. The lowest BCUT2D eigenvalue weighted by atomic mass is 9.93. The summed E-state index contributed by atoms with van der Waals surface area (Å²) in [7, 11) is 1.67. The number of hydrogen-bond acceptors (Lipinski definition) is 3. The van der Waals surface area contributed by atoms with E-state index in [1.165, 1.54) is 4.90 Å². The summed E-state index contributed by atoms with van der Waals surface area (Å²) < 4.78 is 5.29. The van der Waals surface area contributed by atoms with Crippen LogP contribution in [0.4, 0.5) is 4.79 Å². The molecule has 1 atom stereocenters. The fourth-order valence-corrected chi connectivity index (χ4v) is 2.11. The van der Waals surface area contributed by atoms with Gasteiger partial charge in [-0.2, -0.15) is 0 Å². The highest BCUT2D eigenvalue weighted by atomic mass is 16.6. The van der Waals surface area contributed by atoms with Crippen molar-refractivity contribution >= 4 is 12.1 Å². The van der Waals surface area contributed by atoms with Crippen LogP contribution in [0.25, 0.3) is 0 Å². The molecule has 104 valence electrons. The monoisotopic (exact) mass is 257 g/mol. The molecule has 1 saturated carbocycles. The van der Waals surface area contributed by atoms with Crippen LogP contribution < -0.4 is 0 Å². The number of carboxylic acid groups (broad SMARTS) is 1. The molecule has 1 fully saturated rings. The van der Waals surface area contributed by atoms with Crippen LogP contribution in [0, 0.1) is 5.41 Å². The molecule has 5 nitrogen and oxygen atoms in total. The molecule has 1 amide bonds. The van der Waals surface area contributed by atoms with Crippen molar-refractivity contribution in [3.8, 4) is 0 Å². The predicted molar refractivity (Wildman–Crippen MR) is 67.4 cm³/mol. The fourth-order valence-electron chi connectivity index (χ4n) is 2.11. The third kappa shape index (κ3) is 3.62. The molecule has 1 unspecified atom stereocenters. The van der Waals surface area contributed by atoms with Gasteiger partial charge in [0.1, 0.15) is 5.60 Å². The molecule has 1 rings (SSSR count). The molecule has 1 N–H and O–H groups in total. The van der Waals surface area contributed by atoms with Crippen molar-refractivity contribution in [1.82, 2.24) is 4.90 Å². The Morgan fingerprint density at radius 3 is 2.22 bits per heavy atom. The molecule has 5 heteroatoms. The van der Waals surface area contributed by atoms with Gasteiger partial charge in [0.15, 0.2) is 0 Å². The number of carbonyl (C=O) groups is 2. The molecular formula is C13H23NO4. The molecule has 0 aliphatic heterocycles. The van der Waals surface area contributed by atoms with Gasteiger partial charge in [-0.15, -0.1) is 0 Å². The molecule has 1 aliphatic rings. The molecule has 0 heterocycles. The zero-order chi connectivity index (χ0) is 14.1. The third-order valence-corrected chi connectivity index (χ3v) is 3.54. The summed E-state index contributed by atoms with van der Waals surface area (Å²) in [6.07, 6.45) is 1.43. The van der Waals surface area contributed by atoms with Crippen LogP contribution in [0.3, 0.4) is 0 Å². The fraction of sp³-hybridized carbons (Fsp3) is 0.846. The molecule has 18 heavy (non-hydrogen) atoms. The average Bonchev–Trinajstić information content (AvgIpc) is 2.92. The van der Waals surface area contributed by atoms with Gasteiger partial charge in [0.05, 0.1) is 6.42 Å². The number of carboxylic acids is 1. The van der Waals surface area contributed by atoms with Crippen LogP contribution in [0.5, 0.6) is 0 Å². The second-order valence-electron chi connectivity index (χ2n) is 6.20. The average molecular weight is 257 g/mol. The zero-order valence-corrected chi connectivity index (χ0v) is 11.8. The number of aliphatic carboxylic acids is 1. The van der Waals surface area contributed by atoms with Crippen molar-refractivity contribution in [3.63, 3.8) is 0 Å².